The van der Waals surface area contributed by atoms with Gasteiger partial charge in [0, 0.05) is 38.4 Å². The van der Waals surface area contributed by atoms with Crippen molar-refractivity contribution in [3.8, 4) is 0 Å². The van der Waals surface area contributed by atoms with Gasteiger partial charge < -0.3 is 14.4 Å². The summed E-state index contributed by atoms with van der Waals surface area (Å²) in [6.07, 6.45) is 5.19. The van der Waals surface area contributed by atoms with Gasteiger partial charge in [-0.25, -0.2) is 0 Å². The fourth-order valence-electron chi connectivity index (χ4n) is 2.75. The van der Waals surface area contributed by atoms with E-state index in [1.165, 1.54) is 13.2 Å². The van der Waals surface area contributed by atoms with Crippen molar-refractivity contribution >= 4 is 29.6 Å². The van der Waals surface area contributed by atoms with Gasteiger partial charge in [-0.05, 0) is 25.8 Å². The quantitative estimate of drug-likeness (QED) is 0.542. The molecule has 1 saturated heterocycles. The maximum Gasteiger partial charge on any atom is 0.307 e. The average molecular weight is 370 g/mol. The topological polar surface area (TPSA) is 73.7 Å². The lowest BCUT2D eigenvalue weighted by atomic mass is 10.2. The molecule has 7 nitrogen and oxygen atoms in total. The van der Waals surface area contributed by atoms with E-state index in [0.29, 0.717) is 23.9 Å². The van der Waals surface area contributed by atoms with Crippen LogP contribution in [0.2, 0.25) is 5.15 Å². The van der Waals surface area contributed by atoms with E-state index in [0.717, 1.165) is 18.5 Å². The number of aryl methyl sites for hydroxylation is 2. The number of amides is 1. The van der Waals surface area contributed by atoms with Crippen LogP contribution >= 0.6 is 11.6 Å². The van der Waals surface area contributed by atoms with Crippen LogP contribution in [-0.2, 0) is 26.1 Å². The van der Waals surface area contributed by atoms with Crippen LogP contribution in [0, 0.1) is 6.92 Å². The summed E-state index contributed by atoms with van der Waals surface area (Å²) in [5.74, 6) is -0.543. The third-order valence-electron chi connectivity index (χ3n) is 4.16. The predicted molar refractivity (Wildman–Crippen MR) is 94.2 cm³/mol. The van der Waals surface area contributed by atoms with Crippen LogP contribution in [0.5, 0.6) is 0 Å². The molecule has 0 bridgehead atoms. The highest BCUT2D eigenvalue weighted by Gasteiger charge is 2.22. The number of aromatic nitrogens is 2. The van der Waals surface area contributed by atoms with Crippen LogP contribution < -0.4 is 0 Å². The largest absolute Gasteiger partial charge is 0.469 e. The van der Waals surface area contributed by atoms with Gasteiger partial charge in [0.15, 0.2) is 0 Å². The highest BCUT2D eigenvalue weighted by molar-refractivity contribution is 6.31. The molecule has 1 atom stereocenters. The van der Waals surface area contributed by atoms with Crippen molar-refractivity contribution in [2.75, 3.05) is 26.8 Å². The molecule has 1 aliphatic rings. The molecular formula is C17H24ClN3O4. The molecule has 0 aliphatic carbocycles. The number of hydrogen-bond acceptors (Lipinski definition) is 5. The molecule has 1 aliphatic heterocycles. The predicted octanol–water partition coefficient (Wildman–Crippen LogP) is 1.97. The van der Waals surface area contributed by atoms with Gasteiger partial charge in [-0.3, -0.25) is 14.3 Å². The van der Waals surface area contributed by atoms with Crippen LogP contribution in [0.3, 0.4) is 0 Å². The Labute approximate surface area is 152 Å². The molecule has 0 spiro atoms. The Balaban J connectivity index is 2.06. The highest BCUT2D eigenvalue weighted by Crippen LogP contribution is 2.20. The summed E-state index contributed by atoms with van der Waals surface area (Å²) < 4.78 is 11.8. The summed E-state index contributed by atoms with van der Waals surface area (Å²) in [6, 6.07) is 0. The Morgan fingerprint density at radius 2 is 2.28 bits per heavy atom. The third-order valence-corrected chi connectivity index (χ3v) is 4.61. The van der Waals surface area contributed by atoms with Crippen molar-refractivity contribution in [3.05, 3.63) is 22.5 Å². The molecule has 0 radical (unpaired) electrons. The Morgan fingerprint density at radius 3 is 2.84 bits per heavy atom. The van der Waals surface area contributed by atoms with E-state index >= 15 is 0 Å². The van der Waals surface area contributed by atoms with Gasteiger partial charge in [0.2, 0.25) is 5.91 Å². The average Bonchev–Trinajstić information content (AvgIpc) is 3.18. The number of carbonyl (C=O) groups is 2. The zero-order valence-electron chi connectivity index (χ0n) is 14.8. The van der Waals surface area contributed by atoms with Crippen LogP contribution in [0.4, 0.5) is 0 Å². The third kappa shape index (κ3) is 5.31. The molecule has 0 saturated carbocycles. The van der Waals surface area contributed by atoms with E-state index < -0.39 is 0 Å². The summed E-state index contributed by atoms with van der Waals surface area (Å²) >= 11 is 6.18. The van der Waals surface area contributed by atoms with E-state index in [1.54, 1.807) is 22.7 Å². The van der Waals surface area contributed by atoms with Gasteiger partial charge in [0.25, 0.3) is 0 Å². The van der Waals surface area contributed by atoms with Gasteiger partial charge in [0.05, 0.1) is 25.3 Å². The molecular weight excluding hydrogens is 346 g/mol. The lowest BCUT2D eigenvalue weighted by Gasteiger charge is -2.24. The van der Waals surface area contributed by atoms with Crippen LogP contribution in [-0.4, -0.2) is 59.5 Å². The maximum absolute atomic E-state index is 12.6. The molecule has 25 heavy (non-hydrogen) atoms. The lowest BCUT2D eigenvalue weighted by molar-refractivity contribution is -0.141. The number of methoxy groups -OCH3 is 1. The van der Waals surface area contributed by atoms with E-state index in [2.05, 4.69) is 9.84 Å². The second-order valence-corrected chi connectivity index (χ2v) is 6.35. The minimum atomic E-state index is -0.347. The molecule has 1 amide bonds. The van der Waals surface area contributed by atoms with Crippen molar-refractivity contribution < 1.29 is 19.1 Å². The Morgan fingerprint density at radius 1 is 1.52 bits per heavy atom. The molecule has 1 unspecified atom stereocenters. The SMILES string of the molecule is COC(=O)CCN(CC1CCCO1)C(=O)/C=C/c1c(C)nn(C)c1Cl. The molecule has 8 heteroatoms. The summed E-state index contributed by atoms with van der Waals surface area (Å²) in [7, 11) is 3.08. The number of nitrogens with zero attached hydrogens (tertiary/aromatic N) is 3. The second kappa shape index (κ2) is 9.01. The minimum Gasteiger partial charge on any atom is -0.469 e. The fourth-order valence-corrected chi connectivity index (χ4v) is 2.99. The Hall–Kier alpha value is -1.86. The normalized spacial score (nSPS) is 17.2. The number of rotatable bonds is 7. The maximum atomic E-state index is 12.6. The molecule has 0 aromatic carbocycles. The first kappa shape index (κ1) is 19.5. The van der Waals surface area contributed by atoms with Gasteiger partial charge in [-0.15, -0.1) is 0 Å². The fraction of sp³-hybridized carbons (Fsp3) is 0.588. The Kier molecular flexibility index (Phi) is 7.01. The number of ether oxygens (including phenoxy) is 2. The summed E-state index contributed by atoms with van der Waals surface area (Å²) in [5, 5.41) is 4.69. The van der Waals surface area contributed by atoms with E-state index in [9.17, 15) is 9.59 Å². The summed E-state index contributed by atoms with van der Waals surface area (Å²) in [4.78, 5) is 25.6. The van der Waals surface area contributed by atoms with Crippen LogP contribution in [0.1, 0.15) is 30.5 Å². The minimum absolute atomic E-state index is 0.0127. The second-order valence-electron chi connectivity index (χ2n) is 5.99. The molecule has 2 rings (SSSR count). The molecule has 2 heterocycles. The van der Waals surface area contributed by atoms with Gasteiger partial charge in [-0.1, -0.05) is 11.6 Å². The van der Waals surface area contributed by atoms with E-state index in [-0.39, 0.29) is 30.9 Å². The standard InChI is InChI=1S/C17H24ClN3O4/c1-12-14(17(18)20(2)19-12)6-7-15(22)21(9-8-16(23)24-3)11-13-5-4-10-25-13/h6-7,13H,4-5,8-11H2,1-3H3/b7-6+. The number of hydrogen-bond donors (Lipinski definition) is 0. The summed E-state index contributed by atoms with van der Waals surface area (Å²) in [6.45, 7) is 3.29. The lowest BCUT2D eigenvalue weighted by Crippen LogP contribution is -2.37. The smallest absolute Gasteiger partial charge is 0.307 e. The van der Waals surface area contributed by atoms with Crippen molar-refractivity contribution in [2.24, 2.45) is 7.05 Å². The number of halogens is 1. The molecule has 1 aromatic rings. The summed E-state index contributed by atoms with van der Waals surface area (Å²) in [5.41, 5.74) is 1.46. The van der Waals surface area contributed by atoms with Crippen LogP contribution in [0.25, 0.3) is 6.08 Å². The van der Waals surface area contributed by atoms with Crippen molar-refractivity contribution in [3.63, 3.8) is 0 Å². The van der Waals surface area contributed by atoms with E-state index in [4.69, 9.17) is 16.3 Å². The molecule has 138 valence electrons. The van der Waals surface area contributed by atoms with Crippen molar-refractivity contribution in [1.82, 2.24) is 14.7 Å². The molecule has 0 N–H and O–H groups in total. The highest BCUT2D eigenvalue weighted by atomic mass is 35.5. The first-order chi connectivity index (χ1) is 11.9. The van der Waals surface area contributed by atoms with Gasteiger partial charge >= 0.3 is 5.97 Å². The monoisotopic (exact) mass is 369 g/mol. The first-order valence-electron chi connectivity index (χ1n) is 8.27. The van der Waals surface area contributed by atoms with Gasteiger partial charge in [0.1, 0.15) is 5.15 Å². The molecule has 1 fully saturated rings. The van der Waals surface area contributed by atoms with Crippen molar-refractivity contribution in [1.29, 1.82) is 0 Å². The van der Waals surface area contributed by atoms with Gasteiger partial charge in [-0.2, -0.15) is 5.10 Å². The zero-order valence-corrected chi connectivity index (χ0v) is 15.6. The Bertz CT molecular complexity index is 651. The zero-order chi connectivity index (χ0) is 18.4. The number of carbonyl (C=O) groups excluding carboxylic acids is 2. The first-order valence-corrected chi connectivity index (χ1v) is 8.64. The van der Waals surface area contributed by atoms with Crippen molar-refractivity contribution in [2.45, 2.75) is 32.3 Å². The van der Waals surface area contributed by atoms with E-state index in [1.807, 2.05) is 6.92 Å². The number of esters is 1. The van der Waals surface area contributed by atoms with Crippen LogP contribution in [0.15, 0.2) is 6.08 Å². The molecule has 1 aromatic heterocycles.